The van der Waals surface area contributed by atoms with Crippen LogP contribution in [0.5, 0.6) is 0 Å². The van der Waals surface area contributed by atoms with E-state index in [9.17, 15) is 22.4 Å². The number of sulfonamides is 1. The van der Waals surface area contributed by atoms with Crippen molar-refractivity contribution in [1.29, 1.82) is 0 Å². The van der Waals surface area contributed by atoms with Crippen molar-refractivity contribution in [3.05, 3.63) is 93.2 Å². The molecule has 11 heteroatoms. The van der Waals surface area contributed by atoms with Gasteiger partial charge in [-0.1, -0.05) is 46.3 Å². The van der Waals surface area contributed by atoms with Crippen molar-refractivity contribution >= 4 is 43.5 Å². The van der Waals surface area contributed by atoms with Gasteiger partial charge in [0.2, 0.25) is 15.9 Å². The lowest BCUT2D eigenvalue weighted by molar-refractivity contribution is -0.121. The maximum atomic E-state index is 14.9. The smallest absolute Gasteiger partial charge is 0.251 e. The minimum atomic E-state index is -4.17. The van der Waals surface area contributed by atoms with Gasteiger partial charge in [-0.25, -0.2) is 12.8 Å². The van der Waals surface area contributed by atoms with Crippen LogP contribution >= 0.6 is 15.9 Å². The summed E-state index contributed by atoms with van der Waals surface area (Å²) in [4.78, 5) is 30.0. The number of carbonyl (C=O) groups is 2. The highest BCUT2D eigenvalue weighted by atomic mass is 79.9. The Bertz CT molecular complexity index is 1570. The molecule has 2 amide bonds. The number of nitrogens with zero attached hydrogens (tertiary/aromatic N) is 3. The summed E-state index contributed by atoms with van der Waals surface area (Å²) in [7, 11) is -4.17. The van der Waals surface area contributed by atoms with Crippen LogP contribution in [0.25, 0.3) is 0 Å². The number of nitrogens with one attached hydrogen (secondary N) is 1. The van der Waals surface area contributed by atoms with Crippen LogP contribution in [-0.2, 0) is 21.4 Å². The third-order valence-electron chi connectivity index (χ3n) is 7.86. The van der Waals surface area contributed by atoms with Gasteiger partial charge in [0.1, 0.15) is 16.8 Å². The summed E-state index contributed by atoms with van der Waals surface area (Å²) < 4.78 is 44.0. The van der Waals surface area contributed by atoms with Crippen molar-refractivity contribution in [1.82, 2.24) is 14.5 Å². The predicted molar refractivity (Wildman–Crippen MR) is 163 cm³/mol. The van der Waals surface area contributed by atoms with Crippen LogP contribution < -0.4 is 10.2 Å². The molecule has 1 N–H and O–H groups in total. The Labute approximate surface area is 254 Å². The van der Waals surface area contributed by atoms with E-state index in [1.807, 2.05) is 56.3 Å². The van der Waals surface area contributed by atoms with Gasteiger partial charge in [0.25, 0.3) is 5.91 Å². The van der Waals surface area contributed by atoms with Crippen molar-refractivity contribution in [2.45, 2.75) is 44.2 Å². The van der Waals surface area contributed by atoms with Crippen LogP contribution in [0.3, 0.4) is 0 Å². The number of benzene rings is 3. The molecular formula is C31H34BrFN4O4S. The second-order valence-corrected chi connectivity index (χ2v) is 13.7. The zero-order chi connectivity index (χ0) is 30.0. The number of halogens is 2. The number of piperazine rings is 1. The van der Waals surface area contributed by atoms with Crippen molar-refractivity contribution in [3.8, 4) is 0 Å². The Hall–Kier alpha value is -3.12. The number of aryl methyl sites for hydroxylation is 2. The molecule has 2 aliphatic rings. The van der Waals surface area contributed by atoms with E-state index in [0.717, 1.165) is 39.0 Å². The van der Waals surface area contributed by atoms with Crippen LogP contribution in [0.4, 0.5) is 10.1 Å². The van der Waals surface area contributed by atoms with Crippen LogP contribution in [0.15, 0.2) is 70.0 Å². The fraction of sp³-hybridized carbons (Fsp3) is 0.355. The van der Waals surface area contributed by atoms with E-state index in [2.05, 4.69) is 26.1 Å². The molecule has 3 aromatic rings. The average molecular weight is 658 g/mol. The zero-order valence-corrected chi connectivity index (χ0v) is 26.0. The van der Waals surface area contributed by atoms with E-state index in [1.54, 1.807) is 4.90 Å². The van der Waals surface area contributed by atoms with Gasteiger partial charge in [-0.3, -0.25) is 14.5 Å². The number of hydrogen-bond donors (Lipinski definition) is 1. The highest BCUT2D eigenvalue weighted by Gasteiger charge is 2.34. The molecule has 42 heavy (non-hydrogen) atoms. The third kappa shape index (κ3) is 6.44. The van der Waals surface area contributed by atoms with Gasteiger partial charge in [-0.05, 0) is 73.7 Å². The van der Waals surface area contributed by atoms with Crippen LogP contribution in [0.2, 0.25) is 0 Å². The quantitative estimate of drug-likeness (QED) is 0.400. The second-order valence-electron chi connectivity index (χ2n) is 10.9. The first-order chi connectivity index (χ1) is 20.0. The Morgan fingerprint density at radius 3 is 2.31 bits per heavy atom. The molecule has 0 bridgehead atoms. The van der Waals surface area contributed by atoms with E-state index in [4.69, 9.17) is 0 Å². The maximum Gasteiger partial charge on any atom is 0.251 e. The molecule has 3 aromatic carbocycles. The molecule has 0 saturated carbocycles. The summed E-state index contributed by atoms with van der Waals surface area (Å²) in [5.41, 5.74) is 3.83. The maximum absolute atomic E-state index is 14.9. The number of amides is 2. The van der Waals surface area contributed by atoms with E-state index < -0.39 is 32.7 Å². The zero-order valence-electron chi connectivity index (χ0n) is 23.6. The monoisotopic (exact) mass is 656 g/mol. The largest absolute Gasteiger partial charge is 0.340 e. The van der Waals surface area contributed by atoms with Gasteiger partial charge >= 0.3 is 0 Å². The van der Waals surface area contributed by atoms with E-state index >= 15 is 0 Å². The molecule has 1 unspecified atom stereocenters. The predicted octanol–water partition coefficient (Wildman–Crippen LogP) is 4.64. The fourth-order valence-corrected chi connectivity index (χ4v) is 7.95. The number of rotatable bonds is 7. The molecule has 2 aliphatic heterocycles. The summed E-state index contributed by atoms with van der Waals surface area (Å²) in [6, 6.07) is 16.4. The number of carbonyl (C=O) groups excluding carboxylic acids is 2. The molecule has 2 heterocycles. The van der Waals surface area contributed by atoms with Crippen LogP contribution in [0.1, 0.15) is 39.9 Å². The first-order valence-corrected chi connectivity index (χ1v) is 16.2. The fourth-order valence-electron chi connectivity index (χ4n) is 5.75. The Kier molecular flexibility index (Phi) is 9.12. The van der Waals surface area contributed by atoms with Gasteiger partial charge < -0.3 is 10.2 Å². The lowest BCUT2D eigenvalue weighted by Crippen LogP contribution is -2.52. The average Bonchev–Trinajstić information content (AvgIpc) is 2.95. The Morgan fingerprint density at radius 1 is 0.976 bits per heavy atom. The van der Waals surface area contributed by atoms with Gasteiger partial charge in [-0.2, -0.15) is 4.31 Å². The standard InChI is InChI=1S/C31H34BrFN4O4S/c1-21-17-25(32)18-22(2)29(21)37-12-6-9-27(31(37)39)34-30(38)24-10-11-26(33)28(19-24)42(40,41)36-15-13-35(14-16-36)20-23-7-4-3-5-8-23/h3-5,7-8,10-11,17-19,27H,6,9,12-16,20H2,1-2H3,(H,34,38). The molecule has 0 radical (unpaired) electrons. The van der Waals surface area contributed by atoms with Gasteiger partial charge in [0.05, 0.1) is 0 Å². The molecule has 0 spiro atoms. The van der Waals surface area contributed by atoms with E-state index in [1.165, 1.54) is 10.4 Å². The first kappa shape index (κ1) is 30.3. The second kappa shape index (κ2) is 12.6. The van der Waals surface area contributed by atoms with Crippen molar-refractivity contribution in [3.63, 3.8) is 0 Å². The highest BCUT2D eigenvalue weighted by Crippen LogP contribution is 2.31. The minimum Gasteiger partial charge on any atom is -0.340 e. The molecule has 8 nitrogen and oxygen atoms in total. The molecule has 2 fully saturated rings. The SMILES string of the molecule is Cc1cc(Br)cc(C)c1N1CCCC(NC(=O)c2ccc(F)c(S(=O)(=O)N3CCN(Cc4ccccc4)CC3)c2)C1=O. The minimum absolute atomic E-state index is 0.0152. The number of hydrogen-bond acceptors (Lipinski definition) is 5. The lowest BCUT2D eigenvalue weighted by Gasteiger charge is -2.34. The van der Waals surface area contributed by atoms with Crippen molar-refractivity contribution in [2.24, 2.45) is 0 Å². The lowest BCUT2D eigenvalue weighted by atomic mass is 10.00. The summed E-state index contributed by atoms with van der Waals surface area (Å²) in [6.45, 7) is 6.56. The molecular weight excluding hydrogens is 623 g/mol. The highest BCUT2D eigenvalue weighted by molar-refractivity contribution is 9.10. The van der Waals surface area contributed by atoms with Crippen LogP contribution in [-0.4, -0.2) is 68.2 Å². The summed E-state index contributed by atoms with van der Waals surface area (Å²) in [5.74, 6) is -1.77. The van der Waals surface area contributed by atoms with Crippen molar-refractivity contribution < 1.29 is 22.4 Å². The molecule has 2 saturated heterocycles. The molecule has 0 aliphatic carbocycles. The Balaban J connectivity index is 1.28. The summed E-state index contributed by atoms with van der Waals surface area (Å²) in [6.07, 6.45) is 1.14. The van der Waals surface area contributed by atoms with E-state index in [-0.39, 0.29) is 24.6 Å². The Morgan fingerprint density at radius 2 is 1.64 bits per heavy atom. The normalized spacial score (nSPS) is 18.7. The summed E-state index contributed by atoms with van der Waals surface area (Å²) in [5, 5.41) is 2.76. The molecule has 0 aromatic heterocycles. The van der Waals surface area contributed by atoms with Gasteiger partial charge in [0, 0.05) is 55.0 Å². The molecule has 1 atom stereocenters. The summed E-state index contributed by atoms with van der Waals surface area (Å²) >= 11 is 3.49. The van der Waals surface area contributed by atoms with E-state index in [0.29, 0.717) is 39.0 Å². The number of piperidine rings is 1. The molecule has 222 valence electrons. The first-order valence-electron chi connectivity index (χ1n) is 14.0. The van der Waals surface area contributed by atoms with Crippen LogP contribution in [0, 0.1) is 19.7 Å². The third-order valence-corrected chi connectivity index (χ3v) is 10.2. The van der Waals surface area contributed by atoms with Crippen molar-refractivity contribution in [2.75, 3.05) is 37.6 Å². The molecule has 5 rings (SSSR count). The topological polar surface area (TPSA) is 90.0 Å². The van der Waals surface area contributed by atoms with Gasteiger partial charge in [0.15, 0.2) is 0 Å². The van der Waals surface area contributed by atoms with Gasteiger partial charge in [-0.15, -0.1) is 0 Å². The number of anilines is 1.